The van der Waals surface area contributed by atoms with Crippen LogP contribution in [0.1, 0.15) is 28.4 Å². The minimum absolute atomic E-state index is 0.00223. The fourth-order valence-electron chi connectivity index (χ4n) is 3.41. The lowest BCUT2D eigenvalue weighted by atomic mass is 10.1. The first-order valence-corrected chi connectivity index (χ1v) is 12.0. The molecule has 0 bridgehead atoms. The van der Waals surface area contributed by atoms with Crippen molar-refractivity contribution in [1.29, 1.82) is 0 Å². The molecule has 1 N–H and O–H groups in total. The van der Waals surface area contributed by atoms with Crippen LogP contribution in [-0.2, 0) is 22.7 Å². The van der Waals surface area contributed by atoms with Gasteiger partial charge in [-0.15, -0.1) is 0 Å². The number of piperazine rings is 1. The number of carbonyl (C=O) groups excluding carboxylic acids is 1. The lowest BCUT2D eigenvalue weighted by Gasteiger charge is -2.33. The van der Waals surface area contributed by atoms with E-state index in [2.05, 4.69) is 10.2 Å². The lowest BCUT2D eigenvalue weighted by Crippen LogP contribution is -2.48. The van der Waals surface area contributed by atoms with E-state index in [9.17, 15) is 26.4 Å². The van der Waals surface area contributed by atoms with Crippen LogP contribution in [0.25, 0.3) is 0 Å². The van der Waals surface area contributed by atoms with Crippen molar-refractivity contribution >= 4 is 33.2 Å². The Hall–Kier alpha value is -2.14. The number of nitrogens with one attached hydrogen (secondary N) is 1. The van der Waals surface area contributed by atoms with Crippen LogP contribution >= 0.6 is 11.6 Å². The molecule has 0 aromatic heterocycles. The lowest BCUT2D eigenvalue weighted by molar-refractivity contribution is -0.137. The highest BCUT2D eigenvalue weighted by Gasteiger charge is 2.31. The molecule has 32 heavy (non-hydrogen) atoms. The summed E-state index contributed by atoms with van der Waals surface area (Å²) in [5.74, 6) is -0.507. The van der Waals surface area contributed by atoms with Gasteiger partial charge in [-0.05, 0) is 42.8 Å². The van der Waals surface area contributed by atoms with E-state index in [1.54, 1.807) is 25.1 Å². The Morgan fingerprint density at radius 2 is 1.78 bits per heavy atom. The van der Waals surface area contributed by atoms with Crippen molar-refractivity contribution in [3.05, 3.63) is 64.2 Å². The van der Waals surface area contributed by atoms with Gasteiger partial charge in [0.15, 0.2) is 0 Å². The van der Waals surface area contributed by atoms with Gasteiger partial charge in [0.2, 0.25) is 10.0 Å². The topological polar surface area (TPSA) is 69.7 Å². The van der Waals surface area contributed by atoms with E-state index >= 15 is 0 Å². The van der Waals surface area contributed by atoms with Gasteiger partial charge in [0, 0.05) is 38.3 Å². The van der Waals surface area contributed by atoms with Crippen molar-refractivity contribution < 1.29 is 26.4 Å². The number of nitrogens with zero attached hydrogens (tertiary/aromatic N) is 2. The first-order chi connectivity index (χ1) is 15.0. The molecule has 1 saturated heterocycles. The van der Waals surface area contributed by atoms with Crippen molar-refractivity contribution in [2.24, 2.45) is 0 Å². The van der Waals surface area contributed by atoms with Crippen LogP contribution in [-0.4, -0.2) is 55.5 Å². The molecule has 11 heteroatoms. The van der Waals surface area contributed by atoms with Crippen LogP contribution in [0.15, 0.2) is 42.5 Å². The Balaban J connectivity index is 1.66. The summed E-state index contributed by atoms with van der Waals surface area (Å²) >= 11 is 5.96. The highest BCUT2D eigenvalue weighted by Crippen LogP contribution is 2.34. The smallest absolute Gasteiger partial charge is 0.321 e. The van der Waals surface area contributed by atoms with E-state index in [1.807, 2.05) is 6.07 Å². The molecule has 0 saturated carbocycles. The van der Waals surface area contributed by atoms with E-state index in [4.69, 9.17) is 11.6 Å². The summed E-state index contributed by atoms with van der Waals surface area (Å²) in [5, 5.41) is 2.44. The van der Waals surface area contributed by atoms with Gasteiger partial charge < -0.3 is 5.32 Å². The standard InChI is InChI=1S/C21H23ClF3N3O3S/c1-2-32(30,31)28-10-8-27(9-11-28)14-15-4-3-5-16(12-15)20(29)26-19-13-17(21(23,24)25)6-7-18(19)22/h3-7,12-13H,2,8-11,14H2,1H3,(H,26,29). The second-order valence-corrected chi connectivity index (χ2v) is 10.1. The maximum absolute atomic E-state index is 12.9. The van der Waals surface area contributed by atoms with E-state index in [-0.39, 0.29) is 22.0 Å². The van der Waals surface area contributed by atoms with E-state index in [0.29, 0.717) is 32.7 Å². The van der Waals surface area contributed by atoms with Gasteiger partial charge in [0.25, 0.3) is 5.91 Å². The summed E-state index contributed by atoms with van der Waals surface area (Å²) in [5.41, 5.74) is 0.0862. The van der Waals surface area contributed by atoms with Gasteiger partial charge in [-0.2, -0.15) is 17.5 Å². The van der Waals surface area contributed by atoms with E-state index in [1.165, 1.54) is 4.31 Å². The number of alkyl halides is 3. The van der Waals surface area contributed by atoms with E-state index < -0.39 is 27.7 Å². The fourth-order valence-corrected chi connectivity index (χ4v) is 4.66. The Morgan fingerprint density at radius 3 is 2.41 bits per heavy atom. The molecule has 1 aliphatic heterocycles. The van der Waals surface area contributed by atoms with Crippen LogP contribution in [0.5, 0.6) is 0 Å². The number of halogens is 4. The monoisotopic (exact) mass is 489 g/mol. The summed E-state index contributed by atoms with van der Waals surface area (Å²) in [6.07, 6.45) is -4.55. The molecular formula is C21H23ClF3N3O3S. The first kappa shape index (κ1) is 24.5. The van der Waals surface area contributed by atoms with Gasteiger partial charge >= 0.3 is 6.18 Å². The zero-order valence-electron chi connectivity index (χ0n) is 17.3. The number of carbonyl (C=O) groups is 1. The third kappa shape index (κ3) is 6.00. The molecule has 3 rings (SSSR count). The quantitative estimate of drug-likeness (QED) is 0.664. The number of benzene rings is 2. The van der Waals surface area contributed by atoms with Gasteiger partial charge in [0.1, 0.15) is 0 Å². The Labute approximate surface area is 190 Å². The maximum Gasteiger partial charge on any atom is 0.416 e. The molecule has 2 aromatic rings. The highest BCUT2D eigenvalue weighted by molar-refractivity contribution is 7.89. The van der Waals surface area contributed by atoms with Crippen molar-refractivity contribution in [3.8, 4) is 0 Å². The third-order valence-corrected chi connectivity index (χ3v) is 7.44. The number of hydrogen-bond acceptors (Lipinski definition) is 4. The van der Waals surface area contributed by atoms with Crippen LogP contribution in [0.4, 0.5) is 18.9 Å². The van der Waals surface area contributed by atoms with Crippen LogP contribution in [0, 0.1) is 0 Å². The number of amides is 1. The summed E-state index contributed by atoms with van der Waals surface area (Å²) in [6, 6.07) is 9.49. The highest BCUT2D eigenvalue weighted by atomic mass is 35.5. The molecule has 2 aromatic carbocycles. The number of hydrogen-bond donors (Lipinski definition) is 1. The number of sulfonamides is 1. The van der Waals surface area contributed by atoms with Crippen molar-refractivity contribution in [1.82, 2.24) is 9.21 Å². The van der Waals surface area contributed by atoms with Crippen LogP contribution < -0.4 is 5.32 Å². The molecule has 6 nitrogen and oxygen atoms in total. The maximum atomic E-state index is 12.9. The molecule has 1 amide bonds. The largest absolute Gasteiger partial charge is 0.416 e. The summed E-state index contributed by atoms with van der Waals surface area (Å²) in [6.45, 7) is 4.08. The summed E-state index contributed by atoms with van der Waals surface area (Å²) < 4.78 is 64.3. The molecule has 1 aliphatic rings. The molecular weight excluding hydrogens is 467 g/mol. The van der Waals surface area contributed by atoms with Crippen LogP contribution in [0.3, 0.4) is 0 Å². The minimum Gasteiger partial charge on any atom is -0.321 e. The average molecular weight is 490 g/mol. The zero-order chi connectivity index (χ0) is 23.5. The van der Waals surface area contributed by atoms with Gasteiger partial charge in [-0.1, -0.05) is 23.7 Å². The molecule has 174 valence electrons. The molecule has 0 aliphatic carbocycles. The number of rotatable bonds is 6. The third-order valence-electron chi connectivity index (χ3n) is 5.23. The Morgan fingerprint density at radius 1 is 1.09 bits per heavy atom. The fraction of sp³-hybridized carbons (Fsp3) is 0.381. The minimum atomic E-state index is -4.55. The van der Waals surface area contributed by atoms with E-state index in [0.717, 1.165) is 23.8 Å². The molecule has 0 radical (unpaired) electrons. The molecule has 0 spiro atoms. The molecule has 0 unspecified atom stereocenters. The average Bonchev–Trinajstić information content (AvgIpc) is 2.75. The Kier molecular flexibility index (Phi) is 7.49. The Bertz CT molecular complexity index is 1090. The van der Waals surface area contributed by atoms with Gasteiger partial charge in [-0.25, -0.2) is 8.42 Å². The van der Waals surface area contributed by atoms with Gasteiger partial charge in [0.05, 0.1) is 22.0 Å². The first-order valence-electron chi connectivity index (χ1n) is 9.97. The second-order valence-electron chi connectivity index (χ2n) is 7.42. The molecule has 1 heterocycles. The van der Waals surface area contributed by atoms with Gasteiger partial charge in [-0.3, -0.25) is 9.69 Å². The zero-order valence-corrected chi connectivity index (χ0v) is 18.9. The normalized spacial score (nSPS) is 16.2. The number of anilines is 1. The SMILES string of the molecule is CCS(=O)(=O)N1CCN(Cc2cccc(C(=O)Nc3cc(C(F)(F)F)ccc3Cl)c2)CC1. The van der Waals surface area contributed by atoms with Crippen molar-refractivity contribution in [2.75, 3.05) is 37.2 Å². The van der Waals surface area contributed by atoms with Crippen molar-refractivity contribution in [2.45, 2.75) is 19.6 Å². The molecule has 1 fully saturated rings. The predicted octanol–water partition coefficient (Wildman–Crippen LogP) is 4.08. The summed E-state index contributed by atoms with van der Waals surface area (Å²) in [7, 11) is -3.21. The van der Waals surface area contributed by atoms with Crippen molar-refractivity contribution in [3.63, 3.8) is 0 Å². The van der Waals surface area contributed by atoms with Crippen LogP contribution in [0.2, 0.25) is 5.02 Å². The molecule has 0 atom stereocenters. The second kappa shape index (κ2) is 9.78. The summed E-state index contributed by atoms with van der Waals surface area (Å²) in [4.78, 5) is 14.7. The predicted molar refractivity (Wildman–Crippen MR) is 117 cm³/mol.